The van der Waals surface area contributed by atoms with Crippen LogP contribution in [-0.4, -0.2) is 18.6 Å². The van der Waals surface area contributed by atoms with E-state index in [-0.39, 0.29) is 29.4 Å². The van der Waals surface area contributed by atoms with E-state index in [4.69, 9.17) is 10.5 Å². The molecule has 1 fully saturated rings. The van der Waals surface area contributed by atoms with Gasteiger partial charge in [0.15, 0.2) is 6.61 Å². The molecule has 0 unspecified atom stereocenters. The lowest BCUT2D eigenvalue weighted by atomic mass is 10.0. The molecule has 0 atom stereocenters. The molecule has 4 heteroatoms. The number of benzene rings is 1. The average molecular weight is 262 g/mol. The Labute approximate surface area is 114 Å². The van der Waals surface area contributed by atoms with Gasteiger partial charge in [-0.1, -0.05) is 27.7 Å². The number of ether oxygens (including phenoxy) is 1. The van der Waals surface area contributed by atoms with E-state index in [1.807, 2.05) is 0 Å². The van der Waals surface area contributed by atoms with Gasteiger partial charge in [-0.25, -0.2) is 0 Å². The molecule has 104 valence electrons. The number of rotatable bonds is 4. The van der Waals surface area contributed by atoms with Crippen molar-refractivity contribution in [2.24, 2.45) is 10.8 Å². The summed E-state index contributed by atoms with van der Waals surface area (Å²) < 4.78 is 5.42. The molecule has 1 aromatic rings. The predicted molar refractivity (Wildman–Crippen MR) is 75.8 cm³/mol. The molecule has 2 rings (SSSR count). The van der Waals surface area contributed by atoms with E-state index < -0.39 is 0 Å². The summed E-state index contributed by atoms with van der Waals surface area (Å²) in [6, 6.07) is 7.23. The standard InChI is InChI=1S/C15H22N2O2/c1-14(2)13(15(14,3)4)17-12(18)9-19-11-7-5-10(16)6-8-11/h5-8,13H,9,16H2,1-4H3,(H,17,18). The van der Waals surface area contributed by atoms with Crippen molar-refractivity contribution in [2.75, 3.05) is 12.3 Å². The second-order valence-electron chi connectivity index (χ2n) is 6.30. The van der Waals surface area contributed by atoms with Crippen LogP contribution < -0.4 is 15.8 Å². The van der Waals surface area contributed by atoms with Crippen molar-refractivity contribution >= 4 is 11.6 Å². The molecule has 0 heterocycles. The van der Waals surface area contributed by atoms with E-state index in [0.717, 1.165) is 0 Å². The largest absolute Gasteiger partial charge is 0.484 e. The highest BCUT2D eigenvalue weighted by atomic mass is 16.5. The summed E-state index contributed by atoms with van der Waals surface area (Å²) >= 11 is 0. The number of hydrogen-bond acceptors (Lipinski definition) is 3. The summed E-state index contributed by atoms with van der Waals surface area (Å²) in [5.41, 5.74) is 6.55. The second kappa shape index (κ2) is 4.44. The molecule has 1 aromatic carbocycles. The average Bonchev–Trinajstić information content (AvgIpc) is 2.71. The van der Waals surface area contributed by atoms with Gasteiger partial charge < -0.3 is 15.8 Å². The van der Waals surface area contributed by atoms with Crippen LogP contribution in [0.15, 0.2) is 24.3 Å². The first kappa shape index (κ1) is 13.7. The van der Waals surface area contributed by atoms with E-state index in [1.54, 1.807) is 24.3 Å². The van der Waals surface area contributed by atoms with Gasteiger partial charge in [-0.2, -0.15) is 0 Å². The van der Waals surface area contributed by atoms with E-state index >= 15 is 0 Å². The molecule has 4 nitrogen and oxygen atoms in total. The lowest BCUT2D eigenvalue weighted by Crippen LogP contribution is -2.33. The lowest BCUT2D eigenvalue weighted by molar-refractivity contribution is -0.123. The lowest BCUT2D eigenvalue weighted by Gasteiger charge is -2.09. The van der Waals surface area contributed by atoms with Gasteiger partial charge in [0.1, 0.15) is 5.75 Å². The first-order valence-electron chi connectivity index (χ1n) is 6.53. The van der Waals surface area contributed by atoms with Gasteiger partial charge in [0.05, 0.1) is 0 Å². The van der Waals surface area contributed by atoms with Crippen LogP contribution in [0.25, 0.3) is 0 Å². The van der Waals surface area contributed by atoms with Crippen LogP contribution in [0.1, 0.15) is 27.7 Å². The molecule has 0 bridgehead atoms. The highest BCUT2D eigenvalue weighted by Gasteiger charge is 2.65. The normalized spacial score (nSPS) is 19.8. The van der Waals surface area contributed by atoms with Crippen molar-refractivity contribution in [1.29, 1.82) is 0 Å². The minimum Gasteiger partial charge on any atom is -0.484 e. The number of carbonyl (C=O) groups is 1. The van der Waals surface area contributed by atoms with Crippen molar-refractivity contribution in [3.8, 4) is 5.75 Å². The fraction of sp³-hybridized carbons (Fsp3) is 0.533. The van der Waals surface area contributed by atoms with Gasteiger partial charge in [0.2, 0.25) is 0 Å². The number of anilines is 1. The third-order valence-electron chi connectivity index (χ3n) is 4.58. The molecular weight excluding hydrogens is 240 g/mol. The maximum absolute atomic E-state index is 11.8. The third kappa shape index (κ3) is 2.53. The number of nitrogen functional groups attached to an aromatic ring is 1. The predicted octanol–water partition coefficient (Wildman–Crippen LogP) is 2.20. The number of carbonyl (C=O) groups excluding carboxylic acids is 1. The Kier molecular flexibility index (Phi) is 3.20. The van der Waals surface area contributed by atoms with Crippen LogP contribution in [0.3, 0.4) is 0 Å². The summed E-state index contributed by atoms with van der Waals surface area (Å²) in [5, 5.41) is 3.03. The Morgan fingerprint density at radius 1 is 1.21 bits per heavy atom. The molecule has 1 saturated carbocycles. The van der Waals surface area contributed by atoms with Gasteiger partial charge in [0.25, 0.3) is 5.91 Å². The summed E-state index contributed by atoms with van der Waals surface area (Å²) in [6.07, 6.45) is 0. The minimum absolute atomic E-state index is 0.0343. The summed E-state index contributed by atoms with van der Waals surface area (Å²) in [6.45, 7) is 8.70. The highest BCUT2D eigenvalue weighted by Crippen LogP contribution is 2.62. The van der Waals surface area contributed by atoms with Crippen molar-refractivity contribution in [3.63, 3.8) is 0 Å². The van der Waals surface area contributed by atoms with Gasteiger partial charge in [0, 0.05) is 11.7 Å². The van der Waals surface area contributed by atoms with Crippen molar-refractivity contribution < 1.29 is 9.53 Å². The quantitative estimate of drug-likeness (QED) is 0.818. The molecule has 1 aliphatic carbocycles. The van der Waals surface area contributed by atoms with Crippen LogP contribution in [-0.2, 0) is 4.79 Å². The van der Waals surface area contributed by atoms with E-state index in [9.17, 15) is 4.79 Å². The molecular formula is C15H22N2O2. The van der Waals surface area contributed by atoms with E-state index in [1.165, 1.54) is 0 Å². The number of nitrogens with two attached hydrogens (primary N) is 1. The fourth-order valence-electron chi connectivity index (χ4n) is 2.47. The maximum Gasteiger partial charge on any atom is 0.258 e. The SMILES string of the molecule is CC1(C)C(NC(=O)COc2ccc(N)cc2)C1(C)C. The molecule has 1 aliphatic rings. The number of amides is 1. The van der Waals surface area contributed by atoms with Crippen LogP contribution >= 0.6 is 0 Å². The molecule has 0 radical (unpaired) electrons. The second-order valence-corrected chi connectivity index (χ2v) is 6.30. The van der Waals surface area contributed by atoms with Crippen molar-refractivity contribution in [2.45, 2.75) is 33.7 Å². The van der Waals surface area contributed by atoms with Crippen LogP contribution in [0.2, 0.25) is 0 Å². The summed E-state index contributed by atoms with van der Waals surface area (Å²) in [7, 11) is 0. The van der Waals surface area contributed by atoms with Crippen molar-refractivity contribution in [1.82, 2.24) is 5.32 Å². The van der Waals surface area contributed by atoms with Crippen molar-refractivity contribution in [3.05, 3.63) is 24.3 Å². The van der Waals surface area contributed by atoms with Gasteiger partial charge in [-0.05, 0) is 35.1 Å². The molecule has 3 N–H and O–H groups in total. The topological polar surface area (TPSA) is 64.3 Å². The Hall–Kier alpha value is -1.71. The number of nitrogens with one attached hydrogen (secondary N) is 1. The van der Waals surface area contributed by atoms with Gasteiger partial charge in [-0.15, -0.1) is 0 Å². The zero-order valence-electron chi connectivity index (χ0n) is 12.0. The monoisotopic (exact) mass is 262 g/mol. The molecule has 0 saturated heterocycles. The Balaban J connectivity index is 1.82. The van der Waals surface area contributed by atoms with Gasteiger partial charge in [-0.3, -0.25) is 4.79 Å². The Bertz CT molecular complexity index is 463. The molecule has 0 aliphatic heterocycles. The zero-order valence-corrected chi connectivity index (χ0v) is 12.0. The Morgan fingerprint density at radius 2 is 1.74 bits per heavy atom. The first-order chi connectivity index (χ1) is 8.75. The van der Waals surface area contributed by atoms with Crippen LogP contribution in [0.5, 0.6) is 5.75 Å². The van der Waals surface area contributed by atoms with E-state index in [0.29, 0.717) is 11.4 Å². The fourth-order valence-corrected chi connectivity index (χ4v) is 2.47. The van der Waals surface area contributed by atoms with Gasteiger partial charge >= 0.3 is 0 Å². The summed E-state index contributed by atoms with van der Waals surface area (Å²) in [5.74, 6) is 0.569. The first-order valence-corrected chi connectivity index (χ1v) is 6.53. The summed E-state index contributed by atoms with van der Waals surface area (Å²) in [4.78, 5) is 11.8. The molecule has 1 amide bonds. The van der Waals surface area contributed by atoms with E-state index in [2.05, 4.69) is 33.0 Å². The smallest absolute Gasteiger partial charge is 0.258 e. The third-order valence-corrected chi connectivity index (χ3v) is 4.58. The molecule has 19 heavy (non-hydrogen) atoms. The van der Waals surface area contributed by atoms with Crippen LogP contribution in [0, 0.1) is 10.8 Å². The number of hydrogen-bond donors (Lipinski definition) is 2. The zero-order chi connectivity index (χ0) is 14.3. The van der Waals surface area contributed by atoms with Crippen LogP contribution in [0.4, 0.5) is 5.69 Å². The molecule has 0 aromatic heterocycles. The molecule has 0 spiro atoms. The highest BCUT2D eigenvalue weighted by molar-refractivity contribution is 5.78. The minimum atomic E-state index is -0.0829. The maximum atomic E-state index is 11.8. The Morgan fingerprint density at radius 3 is 2.21 bits per heavy atom.